The molecule has 1 aromatic carbocycles. The molecule has 3 rings (SSSR count). The summed E-state index contributed by atoms with van der Waals surface area (Å²) >= 11 is 0. The molecule has 1 saturated carbocycles. The highest BCUT2D eigenvalue weighted by Crippen LogP contribution is 2.30. The fourth-order valence-electron chi connectivity index (χ4n) is 2.83. The van der Waals surface area contributed by atoms with Crippen molar-refractivity contribution in [3.8, 4) is 11.5 Å². The lowest BCUT2D eigenvalue weighted by Crippen LogP contribution is -2.50. The van der Waals surface area contributed by atoms with E-state index in [2.05, 4.69) is 10.2 Å². The lowest BCUT2D eigenvalue weighted by Gasteiger charge is -2.34. The van der Waals surface area contributed by atoms with E-state index in [-0.39, 0.29) is 6.03 Å². The van der Waals surface area contributed by atoms with Gasteiger partial charge in [-0.3, -0.25) is 4.90 Å². The summed E-state index contributed by atoms with van der Waals surface area (Å²) in [6.07, 6.45) is 2.63. The van der Waals surface area contributed by atoms with Crippen LogP contribution in [0, 0.1) is 0 Å². The second-order valence-electron chi connectivity index (χ2n) is 5.75. The van der Waals surface area contributed by atoms with Crippen molar-refractivity contribution in [3.63, 3.8) is 0 Å². The number of anilines is 1. The maximum Gasteiger partial charge on any atom is 0.322 e. The Morgan fingerprint density at radius 3 is 2.45 bits per heavy atom. The predicted octanol–water partition coefficient (Wildman–Crippen LogP) is 2.02. The molecule has 6 heteroatoms. The summed E-state index contributed by atoms with van der Waals surface area (Å²) in [5.41, 5.74) is 0.665. The molecule has 2 aliphatic rings. The monoisotopic (exact) mass is 305 g/mol. The Kier molecular flexibility index (Phi) is 4.38. The molecular weight excluding hydrogens is 282 g/mol. The molecule has 1 heterocycles. The zero-order valence-corrected chi connectivity index (χ0v) is 13.2. The number of rotatable bonds is 4. The molecular formula is C16H23N3O3. The van der Waals surface area contributed by atoms with Gasteiger partial charge in [-0.2, -0.15) is 0 Å². The summed E-state index contributed by atoms with van der Waals surface area (Å²) in [6, 6.07) is 6.07. The van der Waals surface area contributed by atoms with E-state index in [9.17, 15) is 4.79 Å². The molecule has 2 amide bonds. The van der Waals surface area contributed by atoms with E-state index in [1.165, 1.54) is 12.8 Å². The standard InChI is InChI=1S/C16H23N3O3/c1-21-13-5-6-14(15(11-13)22-2)17-16(20)19-9-7-18(8-10-19)12-3-4-12/h5-6,11-12H,3-4,7-10H2,1-2H3,(H,17,20). The molecule has 120 valence electrons. The number of amides is 2. The van der Waals surface area contributed by atoms with Crippen molar-refractivity contribution in [1.82, 2.24) is 9.80 Å². The minimum absolute atomic E-state index is 0.0705. The van der Waals surface area contributed by atoms with E-state index < -0.39 is 0 Å². The third kappa shape index (κ3) is 3.27. The summed E-state index contributed by atoms with van der Waals surface area (Å²) in [4.78, 5) is 16.7. The van der Waals surface area contributed by atoms with Crippen LogP contribution in [-0.4, -0.2) is 62.3 Å². The lowest BCUT2D eigenvalue weighted by molar-refractivity contribution is 0.142. The number of carbonyl (C=O) groups excluding carboxylic acids is 1. The van der Waals surface area contributed by atoms with Gasteiger partial charge in [0, 0.05) is 38.3 Å². The van der Waals surface area contributed by atoms with Crippen molar-refractivity contribution in [3.05, 3.63) is 18.2 Å². The summed E-state index contributed by atoms with van der Waals surface area (Å²) in [6.45, 7) is 3.50. The van der Waals surface area contributed by atoms with Crippen molar-refractivity contribution < 1.29 is 14.3 Å². The van der Waals surface area contributed by atoms with Crippen LogP contribution in [0.4, 0.5) is 10.5 Å². The van der Waals surface area contributed by atoms with E-state index >= 15 is 0 Å². The van der Waals surface area contributed by atoms with Gasteiger partial charge in [-0.15, -0.1) is 0 Å². The lowest BCUT2D eigenvalue weighted by atomic mass is 10.2. The normalized spacial score (nSPS) is 18.9. The quantitative estimate of drug-likeness (QED) is 0.924. The van der Waals surface area contributed by atoms with Gasteiger partial charge in [0.2, 0.25) is 0 Å². The first-order valence-electron chi connectivity index (χ1n) is 7.73. The molecule has 1 saturated heterocycles. The second-order valence-corrected chi connectivity index (χ2v) is 5.75. The smallest absolute Gasteiger partial charge is 0.322 e. The predicted molar refractivity (Wildman–Crippen MR) is 84.7 cm³/mol. The summed E-state index contributed by atoms with van der Waals surface area (Å²) in [5, 5.41) is 2.93. The van der Waals surface area contributed by atoms with E-state index in [0.717, 1.165) is 32.2 Å². The third-order valence-corrected chi connectivity index (χ3v) is 4.32. The van der Waals surface area contributed by atoms with Crippen LogP contribution in [0.25, 0.3) is 0 Å². The number of hydrogen-bond donors (Lipinski definition) is 1. The van der Waals surface area contributed by atoms with Gasteiger partial charge in [0.05, 0.1) is 19.9 Å². The molecule has 0 spiro atoms. The van der Waals surface area contributed by atoms with Crippen LogP contribution in [0.3, 0.4) is 0 Å². The first-order valence-corrected chi connectivity index (χ1v) is 7.73. The Balaban J connectivity index is 1.59. The zero-order chi connectivity index (χ0) is 15.5. The van der Waals surface area contributed by atoms with E-state index in [0.29, 0.717) is 17.2 Å². The van der Waals surface area contributed by atoms with Crippen molar-refractivity contribution in [2.75, 3.05) is 45.7 Å². The fraction of sp³-hybridized carbons (Fsp3) is 0.562. The molecule has 1 aliphatic heterocycles. The van der Waals surface area contributed by atoms with Crippen LogP contribution in [0.1, 0.15) is 12.8 Å². The van der Waals surface area contributed by atoms with Crippen molar-refractivity contribution in [2.24, 2.45) is 0 Å². The number of nitrogens with one attached hydrogen (secondary N) is 1. The molecule has 2 fully saturated rings. The van der Waals surface area contributed by atoms with Gasteiger partial charge in [-0.1, -0.05) is 0 Å². The van der Waals surface area contributed by atoms with Gasteiger partial charge in [0.25, 0.3) is 0 Å². The third-order valence-electron chi connectivity index (χ3n) is 4.32. The maximum absolute atomic E-state index is 12.4. The number of ether oxygens (including phenoxy) is 2. The first kappa shape index (κ1) is 15.0. The van der Waals surface area contributed by atoms with Gasteiger partial charge in [0.15, 0.2) is 0 Å². The fourth-order valence-corrected chi connectivity index (χ4v) is 2.83. The van der Waals surface area contributed by atoms with Crippen molar-refractivity contribution in [2.45, 2.75) is 18.9 Å². The highest BCUT2D eigenvalue weighted by atomic mass is 16.5. The van der Waals surface area contributed by atoms with Crippen LogP contribution in [-0.2, 0) is 0 Å². The number of methoxy groups -OCH3 is 2. The van der Waals surface area contributed by atoms with Crippen molar-refractivity contribution >= 4 is 11.7 Å². The molecule has 0 aromatic heterocycles. The summed E-state index contributed by atoms with van der Waals surface area (Å²) in [5.74, 6) is 1.30. The molecule has 1 N–H and O–H groups in total. The van der Waals surface area contributed by atoms with Crippen LogP contribution in [0.5, 0.6) is 11.5 Å². The van der Waals surface area contributed by atoms with E-state index in [1.54, 1.807) is 26.4 Å². The highest BCUT2D eigenvalue weighted by molar-refractivity contribution is 5.91. The molecule has 6 nitrogen and oxygen atoms in total. The Bertz CT molecular complexity index is 537. The van der Waals surface area contributed by atoms with Gasteiger partial charge < -0.3 is 19.7 Å². The molecule has 0 bridgehead atoms. The van der Waals surface area contributed by atoms with Crippen LogP contribution < -0.4 is 14.8 Å². The summed E-state index contributed by atoms with van der Waals surface area (Å²) < 4.78 is 10.5. The second kappa shape index (κ2) is 6.44. The molecule has 0 radical (unpaired) electrons. The Morgan fingerprint density at radius 2 is 1.86 bits per heavy atom. The van der Waals surface area contributed by atoms with Gasteiger partial charge >= 0.3 is 6.03 Å². The maximum atomic E-state index is 12.4. The molecule has 1 aromatic rings. The largest absolute Gasteiger partial charge is 0.497 e. The van der Waals surface area contributed by atoms with Gasteiger partial charge in [-0.25, -0.2) is 4.79 Å². The minimum Gasteiger partial charge on any atom is -0.497 e. The Hall–Kier alpha value is -1.95. The molecule has 0 atom stereocenters. The first-order chi connectivity index (χ1) is 10.7. The Morgan fingerprint density at radius 1 is 1.14 bits per heavy atom. The Labute approximate surface area is 131 Å². The SMILES string of the molecule is COc1ccc(NC(=O)N2CCN(C3CC3)CC2)c(OC)c1. The number of benzene rings is 1. The number of piperazine rings is 1. The number of urea groups is 1. The average molecular weight is 305 g/mol. The topological polar surface area (TPSA) is 54.0 Å². The van der Waals surface area contributed by atoms with Crippen molar-refractivity contribution in [1.29, 1.82) is 0 Å². The van der Waals surface area contributed by atoms with Gasteiger partial charge in [0.1, 0.15) is 11.5 Å². The van der Waals surface area contributed by atoms with E-state index in [4.69, 9.17) is 9.47 Å². The minimum atomic E-state index is -0.0705. The van der Waals surface area contributed by atoms with Crippen LogP contribution in [0.15, 0.2) is 18.2 Å². The highest BCUT2D eigenvalue weighted by Gasteiger charge is 2.32. The summed E-state index contributed by atoms with van der Waals surface area (Å²) in [7, 11) is 3.19. The molecule has 1 aliphatic carbocycles. The molecule has 0 unspecified atom stereocenters. The molecule has 22 heavy (non-hydrogen) atoms. The van der Waals surface area contributed by atoms with E-state index in [1.807, 2.05) is 11.0 Å². The van der Waals surface area contributed by atoms with Crippen LogP contribution >= 0.6 is 0 Å². The average Bonchev–Trinajstić information content (AvgIpc) is 3.40. The number of carbonyl (C=O) groups is 1. The zero-order valence-electron chi connectivity index (χ0n) is 13.2. The van der Waals surface area contributed by atoms with Crippen LogP contribution in [0.2, 0.25) is 0 Å². The number of nitrogens with zero attached hydrogens (tertiary/aromatic N) is 2. The van der Waals surface area contributed by atoms with Gasteiger partial charge in [-0.05, 0) is 25.0 Å². The number of hydrogen-bond acceptors (Lipinski definition) is 4.